The van der Waals surface area contributed by atoms with Crippen LogP contribution in [0, 0.1) is 5.92 Å². The fourth-order valence-corrected chi connectivity index (χ4v) is 4.20. The summed E-state index contributed by atoms with van der Waals surface area (Å²) in [6.45, 7) is 12.5. The summed E-state index contributed by atoms with van der Waals surface area (Å²) in [5, 5.41) is 7.02. The summed E-state index contributed by atoms with van der Waals surface area (Å²) in [6, 6.07) is 8.71. The monoisotopic (exact) mass is 529 g/mol. The van der Waals surface area contributed by atoms with Crippen LogP contribution >= 0.6 is 24.0 Å². The Labute approximate surface area is 199 Å². The number of guanidine groups is 1. The third-order valence-corrected chi connectivity index (χ3v) is 5.92. The Morgan fingerprint density at radius 1 is 1.00 bits per heavy atom. The fraction of sp³-hybridized carbons (Fsp3) is 0.696. The first-order valence-electron chi connectivity index (χ1n) is 11.3. The van der Waals surface area contributed by atoms with Crippen molar-refractivity contribution in [1.29, 1.82) is 0 Å². The SMILES string of the molecule is CN=C(NCc1ccccc1CN1CCOCC1)NCC(C)CN1CCCCC1.I. The van der Waals surface area contributed by atoms with E-state index in [9.17, 15) is 0 Å². The van der Waals surface area contributed by atoms with E-state index in [0.717, 1.165) is 51.9 Å². The van der Waals surface area contributed by atoms with E-state index in [1.54, 1.807) is 0 Å². The average Bonchev–Trinajstić information content (AvgIpc) is 2.76. The molecule has 1 atom stereocenters. The van der Waals surface area contributed by atoms with Crippen molar-refractivity contribution in [3.8, 4) is 0 Å². The van der Waals surface area contributed by atoms with Gasteiger partial charge in [-0.05, 0) is 43.0 Å². The molecule has 1 aromatic rings. The molecule has 6 nitrogen and oxygen atoms in total. The number of piperidine rings is 1. The van der Waals surface area contributed by atoms with E-state index in [1.165, 1.54) is 50.0 Å². The van der Waals surface area contributed by atoms with Gasteiger partial charge in [0.2, 0.25) is 0 Å². The molecule has 1 aromatic carbocycles. The molecule has 0 radical (unpaired) electrons. The molecule has 30 heavy (non-hydrogen) atoms. The van der Waals surface area contributed by atoms with Gasteiger partial charge < -0.3 is 20.3 Å². The Bertz CT molecular complexity index is 630. The number of nitrogens with zero attached hydrogens (tertiary/aromatic N) is 3. The maximum absolute atomic E-state index is 5.47. The number of aliphatic imine (C=N–C) groups is 1. The van der Waals surface area contributed by atoms with Crippen LogP contribution in [0.2, 0.25) is 0 Å². The maximum Gasteiger partial charge on any atom is 0.191 e. The van der Waals surface area contributed by atoms with Crippen molar-refractivity contribution in [3.63, 3.8) is 0 Å². The van der Waals surface area contributed by atoms with E-state index < -0.39 is 0 Å². The molecule has 0 saturated carbocycles. The highest BCUT2D eigenvalue weighted by molar-refractivity contribution is 14.0. The molecule has 1 unspecified atom stereocenters. The summed E-state index contributed by atoms with van der Waals surface area (Å²) in [7, 11) is 1.85. The second-order valence-corrected chi connectivity index (χ2v) is 8.43. The highest BCUT2D eigenvalue weighted by Crippen LogP contribution is 2.13. The summed E-state index contributed by atoms with van der Waals surface area (Å²) in [4.78, 5) is 9.50. The summed E-state index contributed by atoms with van der Waals surface area (Å²) < 4.78 is 5.47. The van der Waals surface area contributed by atoms with Crippen molar-refractivity contribution in [2.45, 2.75) is 39.3 Å². The van der Waals surface area contributed by atoms with Gasteiger partial charge in [0.15, 0.2) is 5.96 Å². The van der Waals surface area contributed by atoms with Gasteiger partial charge in [0.25, 0.3) is 0 Å². The van der Waals surface area contributed by atoms with E-state index in [4.69, 9.17) is 4.74 Å². The lowest BCUT2D eigenvalue weighted by molar-refractivity contribution is 0.0341. The summed E-state index contributed by atoms with van der Waals surface area (Å²) in [5.41, 5.74) is 2.72. The molecule has 0 aromatic heterocycles. The van der Waals surface area contributed by atoms with E-state index >= 15 is 0 Å². The fourth-order valence-electron chi connectivity index (χ4n) is 4.20. The largest absolute Gasteiger partial charge is 0.379 e. The van der Waals surface area contributed by atoms with E-state index in [2.05, 4.69) is 56.6 Å². The van der Waals surface area contributed by atoms with Crippen LogP contribution in [-0.2, 0) is 17.8 Å². The molecular formula is C23H40IN5O. The van der Waals surface area contributed by atoms with Crippen LogP contribution in [0.15, 0.2) is 29.3 Å². The highest BCUT2D eigenvalue weighted by atomic mass is 127. The number of hydrogen-bond donors (Lipinski definition) is 2. The normalized spacial score (nSPS) is 19.7. The van der Waals surface area contributed by atoms with Gasteiger partial charge in [0, 0.05) is 46.3 Å². The van der Waals surface area contributed by atoms with Crippen molar-refractivity contribution in [2.75, 3.05) is 59.5 Å². The molecule has 2 N–H and O–H groups in total. The minimum atomic E-state index is 0. The molecule has 3 rings (SSSR count). The maximum atomic E-state index is 5.47. The molecule has 0 amide bonds. The molecule has 2 fully saturated rings. The lowest BCUT2D eigenvalue weighted by Crippen LogP contribution is -2.42. The Morgan fingerprint density at radius 2 is 1.70 bits per heavy atom. The van der Waals surface area contributed by atoms with Gasteiger partial charge >= 0.3 is 0 Å². The van der Waals surface area contributed by atoms with E-state index in [1.807, 2.05) is 7.05 Å². The van der Waals surface area contributed by atoms with Crippen molar-refractivity contribution < 1.29 is 4.74 Å². The van der Waals surface area contributed by atoms with Crippen molar-refractivity contribution in [1.82, 2.24) is 20.4 Å². The smallest absolute Gasteiger partial charge is 0.191 e. The third kappa shape index (κ3) is 8.69. The van der Waals surface area contributed by atoms with Crippen molar-refractivity contribution >= 4 is 29.9 Å². The van der Waals surface area contributed by atoms with E-state index in [0.29, 0.717) is 5.92 Å². The second kappa shape index (κ2) is 14.2. The predicted octanol–water partition coefficient (Wildman–Crippen LogP) is 2.92. The van der Waals surface area contributed by atoms with Gasteiger partial charge in [-0.15, -0.1) is 24.0 Å². The first-order valence-corrected chi connectivity index (χ1v) is 11.3. The van der Waals surface area contributed by atoms with Gasteiger partial charge in [-0.1, -0.05) is 37.6 Å². The van der Waals surface area contributed by atoms with Crippen LogP contribution in [-0.4, -0.2) is 75.3 Å². The van der Waals surface area contributed by atoms with Crippen LogP contribution in [0.5, 0.6) is 0 Å². The van der Waals surface area contributed by atoms with Gasteiger partial charge in [0.05, 0.1) is 13.2 Å². The van der Waals surface area contributed by atoms with Crippen LogP contribution in [0.4, 0.5) is 0 Å². The molecule has 2 heterocycles. The molecular weight excluding hydrogens is 489 g/mol. The lowest BCUT2D eigenvalue weighted by Gasteiger charge is -2.29. The molecule has 0 aliphatic carbocycles. The highest BCUT2D eigenvalue weighted by Gasteiger charge is 2.15. The Morgan fingerprint density at radius 3 is 2.40 bits per heavy atom. The summed E-state index contributed by atoms with van der Waals surface area (Å²) in [5.74, 6) is 1.50. The van der Waals surface area contributed by atoms with Gasteiger partial charge in [-0.3, -0.25) is 9.89 Å². The molecule has 2 saturated heterocycles. The number of hydrogen-bond acceptors (Lipinski definition) is 4. The minimum Gasteiger partial charge on any atom is -0.379 e. The first-order chi connectivity index (χ1) is 14.2. The average molecular weight is 530 g/mol. The molecule has 2 aliphatic rings. The van der Waals surface area contributed by atoms with Crippen molar-refractivity contribution in [3.05, 3.63) is 35.4 Å². The topological polar surface area (TPSA) is 52.1 Å². The molecule has 170 valence electrons. The van der Waals surface area contributed by atoms with Crippen LogP contribution in [0.1, 0.15) is 37.3 Å². The van der Waals surface area contributed by atoms with Crippen molar-refractivity contribution in [2.24, 2.45) is 10.9 Å². The number of rotatable bonds is 8. The second-order valence-electron chi connectivity index (χ2n) is 8.43. The number of morpholine rings is 1. The summed E-state index contributed by atoms with van der Waals surface area (Å²) in [6.07, 6.45) is 4.10. The zero-order valence-corrected chi connectivity index (χ0v) is 21.1. The number of likely N-dealkylation sites (tertiary alicyclic amines) is 1. The lowest BCUT2D eigenvalue weighted by atomic mass is 10.1. The zero-order valence-electron chi connectivity index (χ0n) is 18.7. The molecule has 0 bridgehead atoms. The minimum absolute atomic E-state index is 0. The standard InChI is InChI=1S/C23H39N5O.HI/c1-20(18-27-10-6-3-7-11-27)16-25-23(24-2)26-17-21-8-4-5-9-22(21)19-28-12-14-29-15-13-28;/h4-5,8-9,20H,3,6-7,10-19H2,1-2H3,(H2,24,25,26);1H. The molecule has 7 heteroatoms. The number of nitrogens with one attached hydrogen (secondary N) is 2. The Hall–Kier alpha value is -0.900. The van der Waals surface area contributed by atoms with Crippen LogP contribution in [0.3, 0.4) is 0 Å². The van der Waals surface area contributed by atoms with Crippen LogP contribution < -0.4 is 10.6 Å². The summed E-state index contributed by atoms with van der Waals surface area (Å²) >= 11 is 0. The number of halogens is 1. The number of ether oxygens (including phenoxy) is 1. The van der Waals surface area contributed by atoms with Crippen LogP contribution in [0.25, 0.3) is 0 Å². The Kier molecular flexibility index (Phi) is 12.0. The van der Waals surface area contributed by atoms with Gasteiger partial charge in [0.1, 0.15) is 0 Å². The predicted molar refractivity (Wildman–Crippen MR) is 136 cm³/mol. The Balaban J connectivity index is 0.00000320. The number of benzene rings is 1. The third-order valence-electron chi connectivity index (χ3n) is 5.92. The van der Waals surface area contributed by atoms with E-state index in [-0.39, 0.29) is 24.0 Å². The molecule has 0 spiro atoms. The van der Waals surface area contributed by atoms with Gasteiger partial charge in [-0.25, -0.2) is 0 Å². The quantitative estimate of drug-likeness (QED) is 0.308. The van der Waals surface area contributed by atoms with Gasteiger partial charge in [-0.2, -0.15) is 0 Å². The zero-order chi connectivity index (χ0) is 20.3. The first kappa shape index (κ1) is 25.4. The molecule has 2 aliphatic heterocycles.